The van der Waals surface area contributed by atoms with Gasteiger partial charge in [-0.25, -0.2) is 10.1 Å². The van der Waals surface area contributed by atoms with E-state index in [2.05, 4.69) is 41.6 Å². The van der Waals surface area contributed by atoms with E-state index in [4.69, 9.17) is 0 Å². The van der Waals surface area contributed by atoms with Crippen LogP contribution in [-0.4, -0.2) is 26.6 Å². The molecule has 2 atom stereocenters. The molecule has 1 heterocycles. The Bertz CT molecular complexity index is 927. The Balaban J connectivity index is 1.35. The van der Waals surface area contributed by atoms with E-state index in [0.29, 0.717) is 18.2 Å². The first-order valence-corrected chi connectivity index (χ1v) is 9.88. The number of aromatic nitrogens is 3. The van der Waals surface area contributed by atoms with E-state index in [9.17, 15) is 4.79 Å². The number of rotatable bonds is 5. The second kappa shape index (κ2) is 7.00. The molecule has 146 valence electrons. The molecular weight excluding hydrogens is 350 g/mol. The van der Waals surface area contributed by atoms with Gasteiger partial charge < -0.3 is 0 Å². The van der Waals surface area contributed by atoms with Crippen LogP contribution >= 0.6 is 0 Å². The van der Waals surface area contributed by atoms with Crippen molar-refractivity contribution in [2.24, 2.45) is 21.8 Å². The lowest BCUT2D eigenvalue weighted by Crippen LogP contribution is -2.34. The normalized spacial score (nSPS) is 27.0. The molecule has 0 saturated heterocycles. The van der Waals surface area contributed by atoms with Gasteiger partial charge in [0.05, 0.1) is 12.7 Å². The van der Waals surface area contributed by atoms with Crippen molar-refractivity contribution >= 4 is 17.7 Å². The van der Waals surface area contributed by atoms with Crippen molar-refractivity contribution < 1.29 is 4.79 Å². The van der Waals surface area contributed by atoms with E-state index in [1.165, 1.54) is 12.5 Å². The highest BCUT2D eigenvalue weighted by molar-refractivity contribution is 5.97. The highest BCUT2D eigenvalue weighted by atomic mass is 16.2. The average molecular weight is 377 g/mol. The number of amides is 1. The van der Waals surface area contributed by atoms with Crippen LogP contribution in [0.25, 0.3) is 6.08 Å². The second-order valence-corrected chi connectivity index (χ2v) is 8.69. The fourth-order valence-corrected chi connectivity index (χ4v) is 4.66. The molecule has 1 aromatic heterocycles. The van der Waals surface area contributed by atoms with Gasteiger partial charge in [-0.15, -0.1) is 5.10 Å². The molecular formula is C22H27N5O. The molecule has 1 aromatic carbocycles. The Morgan fingerprint density at radius 3 is 2.79 bits per heavy atom. The molecule has 6 nitrogen and oxygen atoms in total. The number of hydrogen-bond donors (Lipinski definition) is 1. The van der Waals surface area contributed by atoms with Crippen LogP contribution in [0.2, 0.25) is 0 Å². The van der Waals surface area contributed by atoms with E-state index in [-0.39, 0.29) is 16.7 Å². The molecule has 2 bridgehead atoms. The van der Waals surface area contributed by atoms with Gasteiger partial charge >= 0.3 is 0 Å². The maximum Gasteiger partial charge on any atom is 0.264 e. The Morgan fingerprint density at radius 2 is 2.11 bits per heavy atom. The summed E-state index contributed by atoms with van der Waals surface area (Å²) >= 11 is 0. The maximum absolute atomic E-state index is 12.2. The molecule has 6 heteroatoms. The molecule has 1 amide bonds. The minimum atomic E-state index is -0.241. The molecule has 2 aliphatic carbocycles. The predicted octanol–water partition coefficient (Wildman–Crippen LogP) is 3.66. The summed E-state index contributed by atoms with van der Waals surface area (Å²) in [5, 5.41) is 12.7. The van der Waals surface area contributed by atoms with Gasteiger partial charge in [0.15, 0.2) is 0 Å². The molecule has 4 rings (SSSR count). The highest BCUT2D eigenvalue weighted by Crippen LogP contribution is 2.63. The second-order valence-electron chi connectivity index (χ2n) is 8.69. The summed E-state index contributed by atoms with van der Waals surface area (Å²) in [6.07, 6.45) is 8.34. The zero-order valence-corrected chi connectivity index (χ0v) is 16.7. The molecule has 2 saturated carbocycles. The number of carbonyl (C=O) groups excluding carboxylic acids is 1. The summed E-state index contributed by atoms with van der Waals surface area (Å²) in [6.45, 7) is 7.59. The third-order valence-electron chi connectivity index (χ3n) is 6.96. The molecule has 0 radical (unpaired) electrons. The summed E-state index contributed by atoms with van der Waals surface area (Å²) in [6, 6.07) is 10.1. The van der Waals surface area contributed by atoms with Gasteiger partial charge in [0.25, 0.3) is 5.91 Å². The number of fused-ring (bicyclic) bond motifs is 2. The number of benzene rings is 1. The fraction of sp³-hybridized carbons (Fsp3) is 0.455. The molecule has 2 fully saturated rings. The Kier molecular flexibility index (Phi) is 4.65. The van der Waals surface area contributed by atoms with Crippen molar-refractivity contribution in [3.05, 3.63) is 53.9 Å². The fourth-order valence-electron chi connectivity index (χ4n) is 4.66. The van der Waals surface area contributed by atoms with Crippen LogP contribution in [-0.2, 0) is 11.3 Å². The van der Waals surface area contributed by atoms with E-state index in [0.717, 1.165) is 24.1 Å². The van der Waals surface area contributed by atoms with Crippen LogP contribution in [0.1, 0.15) is 51.3 Å². The smallest absolute Gasteiger partial charge is 0.264 e. The Morgan fingerprint density at radius 1 is 1.32 bits per heavy atom. The van der Waals surface area contributed by atoms with E-state index < -0.39 is 0 Å². The maximum atomic E-state index is 12.2. The van der Waals surface area contributed by atoms with Gasteiger partial charge in [0.2, 0.25) is 0 Å². The van der Waals surface area contributed by atoms with Crippen molar-refractivity contribution in [3.63, 3.8) is 0 Å². The Hall–Kier alpha value is -2.76. The lowest BCUT2D eigenvalue weighted by molar-refractivity contribution is -0.116. The van der Waals surface area contributed by atoms with Crippen LogP contribution in [0, 0.1) is 16.7 Å². The minimum Gasteiger partial charge on any atom is -0.268 e. The number of carbonyl (C=O) groups is 1. The van der Waals surface area contributed by atoms with Crippen LogP contribution in [0.5, 0.6) is 0 Å². The van der Waals surface area contributed by atoms with E-state index in [1.54, 1.807) is 10.8 Å². The van der Waals surface area contributed by atoms with Crippen molar-refractivity contribution in [2.45, 2.75) is 46.6 Å². The van der Waals surface area contributed by atoms with Crippen LogP contribution in [0.15, 0.2) is 47.7 Å². The number of nitrogens with zero attached hydrogens (tertiary/aromatic N) is 4. The molecule has 2 aromatic rings. The monoisotopic (exact) mass is 377 g/mol. The molecule has 1 N–H and O–H groups in total. The van der Waals surface area contributed by atoms with E-state index in [1.807, 2.05) is 36.5 Å². The standard InChI is InChI=1S/C22H27N5O/c1-21(2)17-11-12-22(21,3)19(13-17)24-25-20(28)10-9-18-15-27(26-23-18)14-16-7-5-4-6-8-16/h4-10,15,17H,11-14H2,1-3H3,(H,25,28)/b10-9+,24-19+/t17-,22+/m0/s1. The quantitative estimate of drug-likeness (QED) is 0.638. The predicted molar refractivity (Wildman–Crippen MR) is 109 cm³/mol. The van der Waals surface area contributed by atoms with Crippen molar-refractivity contribution in [3.8, 4) is 0 Å². The summed E-state index contributed by atoms with van der Waals surface area (Å²) in [7, 11) is 0. The number of hydrazone groups is 1. The van der Waals surface area contributed by atoms with Gasteiger partial charge in [-0.1, -0.05) is 56.3 Å². The van der Waals surface area contributed by atoms with Crippen molar-refractivity contribution in [1.29, 1.82) is 0 Å². The van der Waals surface area contributed by atoms with Gasteiger partial charge in [-0.05, 0) is 42.2 Å². The highest BCUT2D eigenvalue weighted by Gasteiger charge is 2.59. The third-order valence-corrected chi connectivity index (χ3v) is 6.96. The summed E-state index contributed by atoms with van der Waals surface area (Å²) in [5.41, 5.74) is 5.97. The number of nitrogens with one attached hydrogen (secondary N) is 1. The summed E-state index contributed by atoms with van der Waals surface area (Å²) in [4.78, 5) is 12.2. The molecule has 2 aliphatic rings. The van der Waals surface area contributed by atoms with Crippen LogP contribution < -0.4 is 5.43 Å². The van der Waals surface area contributed by atoms with Crippen LogP contribution in [0.4, 0.5) is 0 Å². The zero-order valence-electron chi connectivity index (χ0n) is 16.7. The average Bonchev–Trinajstić information content (AvgIpc) is 3.27. The van der Waals surface area contributed by atoms with Gasteiger partial charge in [-0.3, -0.25) is 4.79 Å². The lowest BCUT2D eigenvalue weighted by atomic mass is 9.70. The first-order valence-electron chi connectivity index (χ1n) is 9.88. The number of hydrogen-bond acceptors (Lipinski definition) is 4. The SMILES string of the molecule is CC1(C)[C@H]2CC[C@]1(C)/C(=N/NC(=O)/C=C/c1cn(Cc3ccccc3)nn1)C2. The minimum absolute atomic E-state index is 0.0921. The van der Waals surface area contributed by atoms with Gasteiger partial charge in [0, 0.05) is 17.2 Å². The summed E-state index contributed by atoms with van der Waals surface area (Å²) in [5.74, 6) is 0.428. The van der Waals surface area contributed by atoms with E-state index >= 15 is 0 Å². The summed E-state index contributed by atoms with van der Waals surface area (Å²) < 4.78 is 1.76. The third kappa shape index (κ3) is 3.28. The molecule has 0 aliphatic heterocycles. The zero-order chi connectivity index (χ0) is 19.8. The molecule has 28 heavy (non-hydrogen) atoms. The van der Waals surface area contributed by atoms with Crippen molar-refractivity contribution in [1.82, 2.24) is 20.4 Å². The first-order chi connectivity index (χ1) is 13.4. The van der Waals surface area contributed by atoms with Gasteiger partial charge in [0.1, 0.15) is 5.69 Å². The lowest BCUT2D eigenvalue weighted by Gasteiger charge is -2.34. The Labute approximate surface area is 165 Å². The topological polar surface area (TPSA) is 72.2 Å². The first kappa shape index (κ1) is 18.6. The molecule has 0 unspecified atom stereocenters. The van der Waals surface area contributed by atoms with Crippen molar-refractivity contribution in [2.75, 3.05) is 0 Å². The molecule has 0 spiro atoms. The largest absolute Gasteiger partial charge is 0.268 e. The van der Waals surface area contributed by atoms with Crippen LogP contribution in [0.3, 0.4) is 0 Å². The van der Waals surface area contributed by atoms with Gasteiger partial charge in [-0.2, -0.15) is 5.10 Å².